The highest BCUT2D eigenvalue weighted by molar-refractivity contribution is 8.02. The Morgan fingerprint density at radius 3 is 2.33 bits per heavy atom. The van der Waals surface area contributed by atoms with Crippen molar-refractivity contribution in [2.24, 2.45) is 17.8 Å². The van der Waals surface area contributed by atoms with Crippen LogP contribution in [0.3, 0.4) is 0 Å². The quantitative estimate of drug-likeness (QED) is 0.234. The SMILES string of the molecule is C=CCN(C(=O)[C@@H]1[C@H]2C(=O)N([C@@H](CO)CC(C)C)C(C(=O)N(CC=C)C(C)CCC)C23CC[C@@]1(C)S3)c1ccc(OCC)cc1. The molecule has 0 saturated carbocycles. The Bertz CT molecular complexity index is 1250. The molecular weight excluding hydrogens is 586 g/mol. The molecule has 3 unspecified atom stereocenters. The van der Waals surface area contributed by atoms with Gasteiger partial charge >= 0.3 is 0 Å². The lowest BCUT2D eigenvalue weighted by Crippen LogP contribution is -2.59. The number of carbonyl (C=O) groups excluding carboxylic acids is 3. The number of hydrogen-bond acceptors (Lipinski definition) is 6. The van der Waals surface area contributed by atoms with Crippen LogP contribution in [0.2, 0.25) is 0 Å². The first kappa shape index (κ1) is 35.1. The average Bonchev–Trinajstić information content (AvgIpc) is 3.58. The minimum atomic E-state index is -0.770. The molecule has 2 bridgehead atoms. The summed E-state index contributed by atoms with van der Waals surface area (Å²) in [4.78, 5) is 49.7. The van der Waals surface area contributed by atoms with Gasteiger partial charge in [-0.3, -0.25) is 14.4 Å². The summed E-state index contributed by atoms with van der Waals surface area (Å²) in [5.41, 5.74) is 0.710. The predicted octanol–water partition coefficient (Wildman–Crippen LogP) is 5.70. The number of aliphatic hydroxyl groups is 1. The summed E-state index contributed by atoms with van der Waals surface area (Å²) >= 11 is 1.67. The summed E-state index contributed by atoms with van der Waals surface area (Å²) in [5.74, 6) is -0.802. The standard InChI is InChI=1S/C36H53N3O5S/c1-9-13-25(7)37(20-10-2)34(43)31-36-19-18-35(8,45-36)29(30(36)33(42)39(31)27(23-40)22-24(5)6)32(41)38(21-11-3)26-14-16-28(17-15-26)44-12-4/h10-11,14-17,24-25,27,29-31,40H,2-3,9,12-13,18-23H2,1,4-8H3/t25?,27-,29+,30+,31?,35-,36?/m1/s1. The first-order valence-electron chi connectivity index (χ1n) is 16.6. The number of ether oxygens (including phenoxy) is 1. The minimum absolute atomic E-state index is 0.0371. The molecule has 9 heteroatoms. The number of hydrogen-bond donors (Lipinski definition) is 1. The molecular formula is C36H53N3O5S. The van der Waals surface area contributed by atoms with Gasteiger partial charge < -0.3 is 24.5 Å². The number of carbonyl (C=O) groups is 3. The molecule has 0 aromatic heterocycles. The van der Waals surface area contributed by atoms with Crippen LogP contribution in [0.15, 0.2) is 49.6 Å². The second-order valence-corrected chi connectivity index (χ2v) is 15.4. The molecule has 1 aromatic carbocycles. The van der Waals surface area contributed by atoms with Gasteiger partial charge in [-0.15, -0.1) is 24.9 Å². The lowest BCUT2D eigenvalue weighted by atomic mass is 9.66. The molecule has 248 valence electrons. The fourth-order valence-electron chi connectivity index (χ4n) is 8.10. The fraction of sp³-hybridized carbons (Fsp3) is 0.639. The van der Waals surface area contributed by atoms with E-state index in [1.54, 1.807) is 33.7 Å². The van der Waals surface area contributed by atoms with Crippen LogP contribution in [0.1, 0.15) is 73.6 Å². The van der Waals surface area contributed by atoms with Crippen molar-refractivity contribution in [2.75, 3.05) is 31.2 Å². The van der Waals surface area contributed by atoms with Crippen molar-refractivity contribution in [2.45, 2.75) is 101 Å². The van der Waals surface area contributed by atoms with Gasteiger partial charge in [-0.2, -0.15) is 0 Å². The molecule has 0 radical (unpaired) electrons. The van der Waals surface area contributed by atoms with Crippen molar-refractivity contribution >= 4 is 35.2 Å². The Balaban J connectivity index is 1.82. The number of likely N-dealkylation sites (tertiary alicyclic amines) is 1. The first-order valence-corrected chi connectivity index (χ1v) is 17.5. The topological polar surface area (TPSA) is 90.4 Å². The summed E-state index contributed by atoms with van der Waals surface area (Å²) in [6.45, 7) is 21.1. The molecule has 1 aromatic rings. The molecule has 8 nitrogen and oxygen atoms in total. The van der Waals surface area contributed by atoms with Crippen LogP contribution in [-0.4, -0.2) is 86.6 Å². The number of amides is 3. The number of fused-ring (bicyclic) bond motifs is 1. The van der Waals surface area contributed by atoms with Gasteiger partial charge in [-0.25, -0.2) is 0 Å². The van der Waals surface area contributed by atoms with Crippen molar-refractivity contribution in [3.8, 4) is 5.75 Å². The highest BCUT2D eigenvalue weighted by atomic mass is 32.2. The maximum Gasteiger partial charge on any atom is 0.247 e. The highest BCUT2D eigenvalue weighted by Gasteiger charge is 2.78. The second-order valence-electron chi connectivity index (χ2n) is 13.5. The van der Waals surface area contributed by atoms with Gasteiger partial charge in [0.25, 0.3) is 0 Å². The van der Waals surface area contributed by atoms with E-state index in [0.29, 0.717) is 31.7 Å². The molecule has 7 atom stereocenters. The van der Waals surface area contributed by atoms with Gasteiger partial charge in [-0.05, 0) is 76.6 Å². The number of benzene rings is 1. The third kappa shape index (κ3) is 6.31. The van der Waals surface area contributed by atoms with Crippen molar-refractivity contribution < 1.29 is 24.2 Å². The second kappa shape index (κ2) is 14.3. The molecule has 3 amide bonds. The van der Waals surface area contributed by atoms with E-state index in [4.69, 9.17) is 4.74 Å². The summed E-state index contributed by atoms with van der Waals surface area (Å²) in [6, 6.07) is 6.11. The van der Waals surface area contributed by atoms with Crippen LogP contribution < -0.4 is 9.64 Å². The summed E-state index contributed by atoms with van der Waals surface area (Å²) < 4.78 is 4.34. The predicted molar refractivity (Wildman–Crippen MR) is 182 cm³/mol. The maximum absolute atomic E-state index is 14.8. The van der Waals surface area contributed by atoms with Crippen LogP contribution in [-0.2, 0) is 14.4 Å². The average molecular weight is 640 g/mol. The van der Waals surface area contributed by atoms with Crippen LogP contribution >= 0.6 is 11.8 Å². The van der Waals surface area contributed by atoms with Crippen molar-refractivity contribution in [1.82, 2.24) is 9.80 Å². The molecule has 3 aliphatic heterocycles. The maximum atomic E-state index is 14.8. The molecule has 4 rings (SSSR count). The Morgan fingerprint density at radius 2 is 1.78 bits per heavy atom. The van der Waals surface area contributed by atoms with Crippen molar-refractivity contribution in [1.29, 1.82) is 0 Å². The zero-order valence-electron chi connectivity index (χ0n) is 28.0. The van der Waals surface area contributed by atoms with Crippen LogP contribution in [0.4, 0.5) is 5.69 Å². The number of nitrogens with zero attached hydrogens (tertiary/aromatic N) is 3. The van der Waals surface area contributed by atoms with Gasteiger partial charge in [0.05, 0.1) is 35.8 Å². The van der Waals surface area contributed by atoms with E-state index < -0.39 is 33.4 Å². The first-order chi connectivity index (χ1) is 21.4. The molecule has 3 saturated heterocycles. The van der Waals surface area contributed by atoms with Crippen molar-refractivity contribution in [3.63, 3.8) is 0 Å². The van der Waals surface area contributed by atoms with Crippen LogP contribution in [0.25, 0.3) is 0 Å². The highest BCUT2D eigenvalue weighted by Crippen LogP contribution is 2.72. The number of anilines is 1. The van der Waals surface area contributed by atoms with Gasteiger partial charge in [0.1, 0.15) is 11.8 Å². The molecule has 3 heterocycles. The Morgan fingerprint density at radius 1 is 1.11 bits per heavy atom. The van der Waals surface area contributed by atoms with E-state index in [-0.39, 0.29) is 42.8 Å². The van der Waals surface area contributed by atoms with Gasteiger partial charge in [0, 0.05) is 29.6 Å². The van der Waals surface area contributed by atoms with E-state index >= 15 is 0 Å². The molecule has 1 spiro atoms. The smallest absolute Gasteiger partial charge is 0.247 e. The van der Waals surface area contributed by atoms with Gasteiger partial charge in [0.2, 0.25) is 17.7 Å². The normalized spacial score (nSPS) is 28.1. The third-order valence-corrected chi connectivity index (χ3v) is 11.9. The van der Waals surface area contributed by atoms with E-state index in [9.17, 15) is 19.5 Å². The van der Waals surface area contributed by atoms with E-state index in [1.807, 2.05) is 36.1 Å². The zero-order valence-corrected chi connectivity index (χ0v) is 28.9. The lowest BCUT2D eigenvalue weighted by Gasteiger charge is -2.41. The fourth-order valence-corrected chi connectivity index (χ4v) is 10.4. The summed E-state index contributed by atoms with van der Waals surface area (Å²) in [6.07, 6.45) is 7.15. The zero-order chi connectivity index (χ0) is 33.1. The van der Waals surface area contributed by atoms with E-state index in [2.05, 4.69) is 47.8 Å². The minimum Gasteiger partial charge on any atom is -0.494 e. The molecule has 1 N–H and O–H groups in total. The third-order valence-electron chi connectivity index (χ3n) is 9.95. The lowest BCUT2D eigenvalue weighted by molar-refractivity contribution is -0.147. The number of thioether (sulfide) groups is 1. The molecule has 3 fully saturated rings. The molecule has 45 heavy (non-hydrogen) atoms. The summed E-state index contributed by atoms with van der Waals surface area (Å²) in [7, 11) is 0. The van der Waals surface area contributed by atoms with Gasteiger partial charge in [-0.1, -0.05) is 39.3 Å². The van der Waals surface area contributed by atoms with Gasteiger partial charge in [0.15, 0.2) is 0 Å². The van der Waals surface area contributed by atoms with E-state index in [0.717, 1.165) is 25.0 Å². The number of aliphatic hydroxyl groups excluding tert-OH is 1. The van der Waals surface area contributed by atoms with Crippen LogP contribution in [0.5, 0.6) is 5.75 Å². The monoisotopic (exact) mass is 639 g/mol. The van der Waals surface area contributed by atoms with Crippen LogP contribution in [0, 0.1) is 17.8 Å². The Kier molecular flexibility index (Phi) is 11.2. The van der Waals surface area contributed by atoms with E-state index in [1.165, 1.54) is 0 Å². The molecule has 0 aliphatic carbocycles. The Labute approximate surface area is 274 Å². The Hall–Kier alpha value is -2.78. The number of rotatable bonds is 16. The molecule has 3 aliphatic rings. The van der Waals surface area contributed by atoms with Crippen molar-refractivity contribution in [3.05, 3.63) is 49.6 Å². The largest absolute Gasteiger partial charge is 0.494 e. The summed E-state index contributed by atoms with van der Waals surface area (Å²) in [5, 5.41) is 10.7.